The van der Waals surface area contributed by atoms with E-state index in [0.29, 0.717) is 11.7 Å². The number of hydrogen-bond donors (Lipinski definition) is 1. The molecule has 1 amide bonds. The summed E-state index contributed by atoms with van der Waals surface area (Å²) in [6.45, 7) is 2.04. The van der Waals surface area contributed by atoms with E-state index in [1.807, 2.05) is 6.92 Å². The smallest absolute Gasteiger partial charge is 0.327 e. The van der Waals surface area contributed by atoms with E-state index in [9.17, 15) is 14.7 Å². The average Bonchev–Trinajstić information content (AvgIpc) is 3.17. The summed E-state index contributed by atoms with van der Waals surface area (Å²) in [6, 6.07) is -0.614. The van der Waals surface area contributed by atoms with Gasteiger partial charge in [0.15, 0.2) is 0 Å². The standard InChI is InChI=1S/C15H23NO3S/c1-15(7-3-2-4-8-15)14(19)16-11(13(17)18)9-20-12(16)10-5-6-10/h10-12H,2-9H2,1H3,(H,17,18). The number of rotatable bonds is 3. The first kappa shape index (κ1) is 14.2. The average molecular weight is 297 g/mol. The number of carboxylic acids is 1. The summed E-state index contributed by atoms with van der Waals surface area (Å²) in [6.07, 6.45) is 7.50. The van der Waals surface area contributed by atoms with E-state index < -0.39 is 12.0 Å². The maximum atomic E-state index is 13.0. The third kappa shape index (κ3) is 2.45. The minimum Gasteiger partial charge on any atom is -0.480 e. The molecule has 112 valence electrons. The monoisotopic (exact) mass is 297 g/mol. The Balaban J connectivity index is 1.83. The molecule has 2 unspecified atom stereocenters. The summed E-state index contributed by atoms with van der Waals surface area (Å²) < 4.78 is 0. The van der Waals surface area contributed by atoms with Crippen molar-refractivity contribution in [3.05, 3.63) is 0 Å². The van der Waals surface area contributed by atoms with Gasteiger partial charge in [0.05, 0.1) is 5.37 Å². The Labute approximate surface area is 124 Å². The molecule has 1 N–H and O–H groups in total. The summed E-state index contributed by atoms with van der Waals surface area (Å²) in [4.78, 5) is 26.3. The molecule has 0 radical (unpaired) electrons. The van der Waals surface area contributed by atoms with Crippen LogP contribution in [-0.4, -0.2) is 39.1 Å². The maximum Gasteiger partial charge on any atom is 0.327 e. The SMILES string of the molecule is CC1(C(=O)N2C(C(=O)O)CSC2C2CC2)CCCCC1. The van der Waals surface area contributed by atoms with Gasteiger partial charge in [-0.3, -0.25) is 4.79 Å². The zero-order valence-corrected chi connectivity index (χ0v) is 12.8. The van der Waals surface area contributed by atoms with Gasteiger partial charge in [-0.05, 0) is 31.6 Å². The van der Waals surface area contributed by atoms with Crippen LogP contribution in [0.5, 0.6) is 0 Å². The van der Waals surface area contributed by atoms with Crippen molar-refractivity contribution < 1.29 is 14.7 Å². The maximum absolute atomic E-state index is 13.0. The summed E-state index contributed by atoms with van der Waals surface area (Å²) in [5, 5.41) is 9.54. The van der Waals surface area contributed by atoms with E-state index in [4.69, 9.17) is 0 Å². The van der Waals surface area contributed by atoms with Gasteiger partial charge >= 0.3 is 5.97 Å². The molecule has 0 spiro atoms. The Morgan fingerprint density at radius 2 is 1.85 bits per heavy atom. The van der Waals surface area contributed by atoms with Crippen LogP contribution in [0.1, 0.15) is 51.9 Å². The molecule has 2 saturated carbocycles. The molecular weight excluding hydrogens is 274 g/mol. The van der Waals surface area contributed by atoms with Crippen LogP contribution >= 0.6 is 11.8 Å². The van der Waals surface area contributed by atoms with Crippen LogP contribution in [0.25, 0.3) is 0 Å². The summed E-state index contributed by atoms with van der Waals surface area (Å²) in [5.74, 6) is 0.346. The first-order valence-electron chi connectivity index (χ1n) is 7.70. The van der Waals surface area contributed by atoms with Crippen LogP contribution in [0.15, 0.2) is 0 Å². The second-order valence-corrected chi connectivity index (χ2v) is 7.90. The Hall–Kier alpha value is -0.710. The molecule has 20 heavy (non-hydrogen) atoms. The van der Waals surface area contributed by atoms with Gasteiger partial charge in [-0.2, -0.15) is 0 Å². The minimum absolute atomic E-state index is 0.103. The summed E-state index contributed by atoms with van der Waals surface area (Å²) >= 11 is 1.67. The second kappa shape index (κ2) is 5.24. The van der Waals surface area contributed by atoms with Gasteiger partial charge in [0.25, 0.3) is 0 Å². The van der Waals surface area contributed by atoms with Crippen LogP contribution < -0.4 is 0 Å². The molecule has 1 heterocycles. The zero-order valence-electron chi connectivity index (χ0n) is 12.0. The molecule has 3 fully saturated rings. The van der Waals surface area contributed by atoms with E-state index in [1.165, 1.54) is 6.42 Å². The number of carboxylic acid groups (broad SMARTS) is 1. The van der Waals surface area contributed by atoms with Gasteiger partial charge in [0, 0.05) is 11.2 Å². The Morgan fingerprint density at radius 3 is 2.40 bits per heavy atom. The minimum atomic E-state index is -0.839. The largest absolute Gasteiger partial charge is 0.480 e. The number of carbonyl (C=O) groups excluding carboxylic acids is 1. The molecule has 0 aromatic rings. The molecule has 2 aliphatic carbocycles. The number of aliphatic carboxylic acids is 1. The van der Waals surface area contributed by atoms with Crippen molar-refractivity contribution in [3.63, 3.8) is 0 Å². The van der Waals surface area contributed by atoms with Gasteiger partial charge in [-0.1, -0.05) is 26.2 Å². The molecule has 1 saturated heterocycles. The van der Waals surface area contributed by atoms with Crippen LogP contribution in [0.2, 0.25) is 0 Å². The lowest BCUT2D eigenvalue weighted by atomic mass is 9.74. The third-order valence-electron chi connectivity index (χ3n) is 5.05. The topological polar surface area (TPSA) is 57.6 Å². The van der Waals surface area contributed by atoms with Crippen LogP contribution in [0, 0.1) is 11.3 Å². The van der Waals surface area contributed by atoms with E-state index >= 15 is 0 Å². The van der Waals surface area contributed by atoms with Gasteiger partial charge in [0.1, 0.15) is 6.04 Å². The van der Waals surface area contributed by atoms with Crippen molar-refractivity contribution in [2.24, 2.45) is 11.3 Å². The Morgan fingerprint density at radius 1 is 1.20 bits per heavy atom. The fraction of sp³-hybridized carbons (Fsp3) is 0.867. The number of amides is 1. The lowest BCUT2D eigenvalue weighted by molar-refractivity contribution is -0.155. The third-order valence-corrected chi connectivity index (χ3v) is 6.51. The number of thioether (sulfide) groups is 1. The van der Waals surface area contributed by atoms with Crippen LogP contribution in [0.4, 0.5) is 0 Å². The lowest BCUT2D eigenvalue weighted by Gasteiger charge is -2.39. The molecule has 0 bridgehead atoms. The van der Waals surface area contributed by atoms with Gasteiger partial charge in [0.2, 0.25) is 5.91 Å². The first-order valence-corrected chi connectivity index (χ1v) is 8.75. The van der Waals surface area contributed by atoms with E-state index in [0.717, 1.165) is 38.5 Å². The van der Waals surface area contributed by atoms with E-state index in [2.05, 4.69) is 0 Å². The zero-order chi connectivity index (χ0) is 14.3. The second-order valence-electron chi connectivity index (χ2n) is 6.75. The fourth-order valence-corrected chi connectivity index (χ4v) is 5.21. The molecule has 0 aromatic carbocycles. The predicted octanol–water partition coefficient (Wildman–Crippen LogP) is 2.72. The lowest BCUT2D eigenvalue weighted by Crippen LogP contribution is -2.52. The van der Waals surface area contributed by atoms with Crippen molar-refractivity contribution >= 4 is 23.6 Å². The first-order chi connectivity index (χ1) is 9.53. The number of hydrogen-bond acceptors (Lipinski definition) is 3. The normalized spacial score (nSPS) is 33.1. The summed E-state index contributed by atoms with van der Waals surface area (Å²) in [5.41, 5.74) is -0.329. The fourth-order valence-electron chi connectivity index (χ4n) is 3.58. The quantitative estimate of drug-likeness (QED) is 0.870. The molecular formula is C15H23NO3S. The van der Waals surface area contributed by atoms with Gasteiger partial charge in [-0.25, -0.2) is 4.79 Å². The Bertz CT molecular complexity index is 415. The molecule has 3 aliphatic rings. The molecule has 2 atom stereocenters. The number of nitrogens with zero attached hydrogens (tertiary/aromatic N) is 1. The van der Waals surface area contributed by atoms with Crippen LogP contribution in [-0.2, 0) is 9.59 Å². The van der Waals surface area contributed by atoms with E-state index in [-0.39, 0.29) is 16.7 Å². The molecule has 0 aromatic heterocycles. The van der Waals surface area contributed by atoms with Crippen molar-refractivity contribution in [2.75, 3.05) is 5.75 Å². The van der Waals surface area contributed by atoms with Gasteiger partial charge in [-0.15, -0.1) is 11.8 Å². The van der Waals surface area contributed by atoms with Crippen LogP contribution in [0.3, 0.4) is 0 Å². The highest BCUT2D eigenvalue weighted by molar-refractivity contribution is 8.00. The predicted molar refractivity (Wildman–Crippen MR) is 78.4 cm³/mol. The Kier molecular flexibility index (Phi) is 3.73. The highest BCUT2D eigenvalue weighted by atomic mass is 32.2. The van der Waals surface area contributed by atoms with Crippen molar-refractivity contribution in [2.45, 2.75) is 63.3 Å². The molecule has 5 heteroatoms. The van der Waals surface area contributed by atoms with Gasteiger partial charge < -0.3 is 10.0 Å². The van der Waals surface area contributed by atoms with Crippen molar-refractivity contribution in [3.8, 4) is 0 Å². The molecule has 4 nitrogen and oxygen atoms in total. The summed E-state index contributed by atoms with van der Waals surface area (Å²) in [7, 11) is 0. The van der Waals surface area contributed by atoms with E-state index in [1.54, 1.807) is 16.7 Å². The highest BCUT2D eigenvalue weighted by Gasteiger charge is 2.51. The molecule has 3 rings (SSSR count). The number of carbonyl (C=O) groups is 2. The molecule has 1 aliphatic heterocycles. The van der Waals surface area contributed by atoms with Crippen molar-refractivity contribution in [1.82, 2.24) is 4.90 Å². The van der Waals surface area contributed by atoms with Crippen molar-refractivity contribution in [1.29, 1.82) is 0 Å². The highest BCUT2D eigenvalue weighted by Crippen LogP contribution is 2.48.